The van der Waals surface area contributed by atoms with Gasteiger partial charge in [-0.2, -0.15) is 0 Å². The molecule has 0 N–H and O–H groups in total. The van der Waals surface area contributed by atoms with Crippen LogP contribution in [0.25, 0.3) is 49.7 Å². The van der Waals surface area contributed by atoms with E-state index < -0.39 is 0 Å². The van der Waals surface area contributed by atoms with Gasteiger partial charge in [0.2, 0.25) is 0 Å². The Morgan fingerprint density at radius 2 is 1.22 bits per heavy atom. The van der Waals surface area contributed by atoms with Gasteiger partial charge in [0, 0.05) is 10.8 Å². The topological polar surface area (TPSA) is 30.2 Å². The third-order valence-corrected chi connectivity index (χ3v) is 5.15. The van der Waals surface area contributed by atoms with Crippen molar-refractivity contribution in [1.29, 1.82) is 0 Å². The Morgan fingerprint density at radius 3 is 2.11 bits per heavy atom. The Hall–Kier alpha value is -3.72. The zero-order valence-electron chi connectivity index (χ0n) is 14.5. The monoisotopic (exact) mass is 345 g/mol. The van der Waals surface area contributed by atoms with Crippen LogP contribution in [0.4, 0.5) is 0 Å². The molecule has 0 bridgehead atoms. The molecule has 6 aromatic rings. The molecule has 0 radical (unpaired) electrons. The maximum absolute atomic E-state index is 4.99. The number of nitrogens with zero attached hydrogens (tertiary/aromatic N) is 3. The van der Waals surface area contributed by atoms with Crippen LogP contribution in [0.15, 0.2) is 91.0 Å². The zero-order chi connectivity index (χ0) is 17.8. The van der Waals surface area contributed by atoms with Crippen LogP contribution in [0, 0.1) is 0 Å². The zero-order valence-corrected chi connectivity index (χ0v) is 14.5. The van der Waals surface area contributed by atoms with Crippen molar-refractivity contribution in [2.24, 2.45) is 0 Å². The Balaban J connectivity index is 1.79. The second-order valence-corrected chi connectivity index (χ2v) is 6.76. The summed E-state index contributed by atoms with van der Waals surface area (Å²) in [6.45, 7) is 0. The first-order valence-corrected chi connectivity index (χ1v) is 9.04. The second-order valence-electron chi connectivity index (χ2n) is 6.76. The minimum absolute atomic E-state index is 0.896. The van der Waals surface area contributed by atoms with Crippen molar-refractivity contribution < 1.29 is 0 Å². The van der Waals surface area contributed by atoms with E-state index in [4.69, 9.17) is 9.97 Å². The standard InChI is InChI=1S/C24H15N3/c1-3-9-18-16(7-1)13-14-20(25-18)24-23-15-17-8-2-5-11-21(17)27(23)22-12-6-4-10-19(22)26-24/h1-15H. The summed E-state index contributed by atoms with van der Waals surface area (Å²) in [5, 5.41) is 2.34. The quantitative estimate of drug-likeness (QED) is 0.374. The van der Waals surface area contributed by atoms with Crippen LogP contribution in [-0.4, -0.2) is 14.4 Å². The molecule has 3 aromatic carbocycles. The third kappa shape index (κ3) is 2.09. The lowest BCUT2D eigenvalue weighted by Crippen LogP contribution is -1.96. The van der Waals surface area contributed by atoms with Crippen molar-refractivity contribution in [3.63, 3.8) is 0 Å². The van der Waals surface area contributed by atoms with Crippen molar-refractivity contribution in [2.75, 3.05) is 0 Å². The molecule has 27 heavy (non-hydrogen) atoms. The molecule has 3 nitrogen and oxygen atoms in total. The molecule has 0 aliphatic carbocycles. The van der Waals surface area contributed by atoms with Gasteiger partial charge in [-0.3, -0.25) is 0 Å². The Labute approximate surface area is 155 Å². The van der Waals surface area contributed by atoms with Gasteiger partial charge in [-0.1, -0.05) is 54.6 Å². The molecule has 0 fully saturated rings. The summed E-state index contributed by atoms with van der Waals surface area (Å²) in [5.74, 6) is 0. The second kappa shape index (κ2) is 5.39. The number of benzene rings is 3. The molecule has 3 aromatic heterocycles. The summed E-state index contributed by atoms with van der Waals surface area (Å²) in [7, 11) is 0. The number of hydrogen-bond acceptors (Lipinski definition) is 2. The van der Waals surface area contributed by atoms with Crippen molar-refractivity contribution >= 4 is 38.4 Å². The van der Waals surface area contributed by atoms with E-state index in [0.29, 0.717) is 0 Å². The van der Waals surface area contributed by atoms with Crippen LogP contribution in [0.2, 0.25) is 0 Å². The first-order valence-electron chi connectivity index (χ1n) is 9.04. The van der Waals surface area contributed by atoms with Gasteiger partial charge in [-0.25, -0.2) is 9.97 Å². The van der Waals surface area contributed by atoms with Gasteiger partial charge in [0.15, 0.2) is 0 Å². The van der Waals surface area contributed by atoms with Crippen LogP contribution in [0.5, 0.6) is 0 Å². The van der Waals surface area contributed by atoms with E-state index in [9.17, 15) is 0 Å². The lowest BCUT2D eigenvalue weighted by atomic mass is 10.1. The number of para-hydroxylation sites is 4. The number of hydrogen-bond donors (Lipinski definition) is 0. The average molecular weight is 345 g/mol. The van der Waals surface area contributed by atoms with Gasteiger partial charge >= 0.3 is 0 Å². The molecular weight excluding hydrogens is 330 g/mol. The minimum atomic E-state index is 0.896. The lowest BCUT2D eigenvalue weighted by Gasteiger charge is -2.09. The molecule has 0 saturated heterocycles. The molecule has 3 heterocycles. The molecule has 126 valence electrons. The van der Waals surface area contributed by atoms with Gasteiger partial charge in [0.25, 0.3) is 0 Å². The van der Waals surface area contributed by atoms with Gasteiger partial charge in [-0.15, -0.1) is 0 Å². The van der Waals surface area contributed by atoms with Crippen molar-refractivity contribution in [3.05, 3.63) is 91.0 Å². The average Bonchev–Trinajstić information content (AvgIpc) is 3.13. The van der Waals surface area contributed by atoms with Crippen LogP contribution in [-0.2, 0) is 0 Å². The maximum atomic E-state index is 4.99. The van der Waals surface area contributed by atoms with E-state index in [1.807, 2.05) is 24.3 Å². The molecule has 0 aliphatic rings. The third-order valence-electron chi connectivity index (χ3n) is 5.15. The van der Waals surface area contributed by atoms with E-state index in [2.05, 4.69) is 71.1 Å². The number of aromatic nitrogens is 3. The summed E-state index contributed by atoms with van der Waals surface area (Å²) in [4.78, 5) is 9.89. The van der Waals surface area contributed by atoms with E-state index in [-0.39, 0.29) is 0 Å². The van der Waals surface area contributed by atoms with Crippen molar-refractivity contribution in [1.82, 2.24) is 14.4 Å². The maximum Gasteiger partial charge on any atom is 0.113 e. The smallest absolute Gasteiger partial charge is 0.113 e. The fourth-order valence-corrected chi connectivity index (χ4v) is 3.90. The van der Waals surface area contributed by atoms with Crippen LogP contribution < -0.4 is 0 Å². The first kappa shape index (κ1) is 14.4. The Morgan fingerprint density at radius 1 is 0.519 bits per heavy atom. The van der Waals surface area contributed by atoms with Crippen molar-refractivity contribution in [2.45, 2.75) is 0 Å². The predicted molar refractivity (Wildman–Crippen MR) is 111 cm³/mol. The SMILES string of the molecule is c1ccc2nc(-c3nc4ccccc4n4c3cc3ccccc34)ccc2c1. The van der Waals surface area contributed by atoms with Crippen molar-refractivity contribution in [3.8, 4) is 11.4 Å². The highest BCUT2D eigenvalue weighted by Crippen LogP contribution is 2.31. The van der Waals surface area contributed by atoms with E-state index >= 15 is 0 Å². The molecule has 0 atom stereocenters. The van der Waals surface area contributed by atoms with Crippen LogP contribution >= 0.6 is 0 Å². The fraction of sp³-hybridized carbons (Fsp3) is 0. The minimum Gasteiger partial charge on any atom is -0.305 e. The van der Waals surface area contributed by atoms with E-state index in [0.717, 1.165) is 38.8 Å². The van der Waals surface area contributed by atoms with Gasteiger partial charge in [0.1, 0.15) is 5.69 Å². The molecule has 6 rings (SSSR count). The predicted octanol–water partition coefficient (Wildman–Crippen LogP) is 5.86. The van der Waals surface area contributed by atoms with Crippen LogP contribution in [0.1, 0.15) is 0 Å². The molecule has 0 amide bonds. The normalized spacial score (nSPS) is 11.7. The molecule has 0 saturated carbocycles. The summed E-state index contributed by atoms with van der Waals surface area (Å²) in [6, 6.07) is 31.3. The fourth-order valence-electron chi connectivity index (χ4n) is 3.90. The van der Waals surface area contributed by atoms with Gasteiger partial charge < -0.3 is 4.40 Å². The summed E-state index contributed by atoms with van der Waals surface area (Å²) >= 11 is 0. The summed E-state index contributed by atoms with van der Waals surface area (Å²) < 4.78 is 2.30. The number of fused-ring (bicyclic) bond motifs is 6. The highest BCUT2D eigenvalue weighted by Gasteiger charge is 2.14. The molecular formula is C24H15N3. The lowest BCUT2D eigenvalue weighted by molar-refractivity contribution is 1.25. The molecule has 0 unspecified atom stereocenters. The summed E-state index contributed by atoms with van der Waals surface area (Å²) in [6.07, 6.45) is 0. The first-order chi connectivity index (χ1) is 13.4. The molecule has 0 aliphatic heterocycles. The Bertz CT molecular complexity index is 1480. The van der Waals surface area contributed by atoms with Gasteiger partial charge in [0.05, 0.1) is 33.3 Å². The Kier molecular flexibility index (Phi) is 2.88. The van der Waals surface area contributed by atoms with Gasteiger partial charge in [-0.05, 0) is 36.4 Å². The highest BCUT2D eigenvalue weighted by atomic mass is 15.0. The molecule has 0 spiro atoms. The largest absolute Gasteiger partial charge is 0.305 e. The molecule has 3 heteroatoms. The number of rotatable bonds is 1. The van der Waals surface area contributed by atoms with E-state index in [1.165, 1.54) is 10.9 Å². The summed E-state index contributed by atoms with van der Waals surface area (Å²) in [5.41, 5.74) is 7.14. The highest BCUT2D eigenvalue weighted by molar-refractivity contribution is 5.98. The number of pyridine rings is 1. The van der Waals surface area contributed by atoms with Crippen LogP contribution in [0.3, 0.4) is 0 Å². The van der Waals surface area contributed by atoms with E-state index in [1.54, 1.807) is 0 Å².